The molecule has 0 spiro atoms. The van der Waals surface area contributed by atoms with E-state index in [1.807, 2.05) is 73.7 Å². The van der Waals surface area contributed by atoms with E-state index in [-0.39, 0.29) is 36.2 Å². The Morgan fingerprint density at radius 3 is 1.33 bits per heavy atom. The summed E-state index contributed by atoms with van der Waals surface area (Å²) in [6, 6.07) is 30.7. The molecular weight excluding hydrogens is 968 g/mol. The minimum absolute atomic E-state index is 0.0105. The number of ether oxygens (including phenoxy) is 3. The molecule has 0 amide bonds. The zero-order chi connectivity index (χ0) is 55.7. The molecule has 0 aliphatic carbocycles. The summed E-state index contributed by atoms with van der Waals surface area (Å²) < 4.78 is 18.1. The summed E-state index contributed by atoms with van der Waals surface area (Å²) >= 11 is 4.14. The number of carbonyl (C=O) groups is 2. The van der Waals surface area contributed by atoms with Gasteiger partial charge in [-0.05, 0) is 61.1 Å². The number of carboxylic acid groups (broad SMARTS) is 1. The van der Waals surface area contributed by atoms with Crippen molar-refractivity contribution in [3.8, 4) is 0 Å². The molecular formula is C66H111ClN2O7. The molecule has 3 aromatic carbocycles. The smallest absolute Gasteiger partial charge is 0.313 e. The molecule has 76 heavy (non-hydrogen) atoms. The maximum absolute atomic E-state index is 12.0. The van der Waals surface area contributed by atoms with Crippen molar-refractivity contribution in [1.29, 1.82) is 0 Å². The van der Waals surface area contributed by atoms with Crippen molar-refractivity contribution in [1.82, 2.24) is 0 Å². The van der Waals surface area contributed by atoms with Gasteiger partial charge in [0.05, 0.1) is 43.4 Å². The van der Waals surface area contributed by atoms with Crippen molar-refractivity contribution in [2.75, 3.05) is 0 Å². The van der Waals surface area contributed by atoms with Gasteiger partial charge < -0.3 is 30.2 Å². The van der Waals surface area contributed by atoms with Gasteiger partial charge in [0.25, 0.3) is 0 Å². The second-order valence-corrected chi connectivity index (χ2v) is 21.5. The number of halogens is 1. The van der Waals surface area contributed by atoms with Crippen LogP contribution in [0.2, 0.25) is 0 Å². The van der Waals surface area contributed by atoms with E-state index in [1.165, 1.54) is 140 Å². The molecule has 1 aliphatic heterocycles. The highest BCUT2D eigenvalue weighted by Crippen LogP contribution is 2.33. The van der Waals surface area contributed by atoms with Crippen molar-refractivity contribution in [3.63, 3.8) is 0 Å². The first-order valence-corrected chi connectivity index (χ1v) is 31.0. The molecule has 10 heteroatoms. The predicted octanol–water partition coefficient (Wildman–Crippen LogP) is 18.1. The number of rotatable bonds is 43. The summed E-state index contributed by atoms with van der Waals surface area (Å²) in [5, 5.41) is 24.4. The lowest BCUT2D eigenvalue weighted by molar-refractivity contribution is -0.190. The summed E-state index contributed by atoms with van der Waals surface area (Å²) in [4.78, 5) is 23.8. The SMILES string of the molecule is CCCCCCCCCCC[C@H](CC1OC(=O)[C@H]1CCCCCC)OCc1ccccc1.CCCCCCCCCCC[C@H](C[C@H](O)[C@H](CCCCCC)C(=O)O)OCc1ccccc1.C[C@@H](N)c1ccccc1.NCl. The normalized spacial score (nSPS) is 15.7. The quantitative estimate of drug-likeness (QED) is 0.0246. The van der Waals surface area contributed by atoms with Crippen LogP contribution in [-0.4, -0.2) is 46.6 Å². The molecule has 0 bridgehead atoms. The fraction of sp³-hybridized carbons (Fsp3) is 0.697. The lowest BCUT2D eigenvalue weighted by Gasteiger charge is -2.37. The molecule has 7 atom stereocenters. The van der Waals surface area contributed by atoms with Crippen LogP contribution >= 0.6 is 11.8 Å². The minimum atomic E-state index is -0.885. The third-order valence-corrected chi connectivity index (χ3v) is 14.8. The van der Waals surface area contributed by atoms with Gasteiger partial charge in [-0.25, -0.2) is 5.25 Å². The Kier molecular flexibility index (Phi) is 46.5. The third kappa shape index (κ3) is 36.7. The fourth-order valence-corrected chi connectivity index (χ4v) is 9.91. The predicted molar refractivity (Wildman–Crippen MR) is 320 cm³/mol. The van der Waals surface area contributed by atoms with E-state index >= 15 is 0 Å². The number of carboxylic acids is 1. The highest BCUT2D eigenvalue weighted by Gasteiger charge is 2.42. The van der Waals surface area contributed by atoms with Crippen LogP contribution in [0.1, 0.15) is 263 Å². The van der Waals surface area contributed by atoms with Crippen LogP contribution in [0.3, 0.4) is 0 Å². The Labute approximate surface area is 469 Å². The Morgan fingerprint density at radius 2 is 0.921 bits per heavy atom. The number of unbranched alkanes of at least 4 members (excludes halogenated alkanes) is 22. The van der Waals surface area contributed by atoms with E-state index in [1.54, 1.807) is 0 Å². The molecule has 0 radical (unpaired) electrons. The van der Waals surface area contributed by atoms with Gasteiger partial charge in [-0.3, -0.25) is 9.59 Å². The molecule has 1 aliphatic rings. The standard InChI is InChI=1S/C29H50O4.C29H48O3.C8H11N.ClH2N/c1-3-5-7-9-10-11-12-13-17-21-26(33-24-25-19-15-14-16-20-25)23-28(30)27(29(31)32)22-18-8-6-4-2;1-3-5-7-9-10-11-12-13-17-21-26(31-24-25-19-15-14-16-20-25)23-28-27(29(30)32-28)22-18-8-6-4-2;1-7(9)8-5-3-2-4-6-8;1-2/h14-16,19-20,26-28,30H,3-13,17-18,21-24H2,1-2H3,(H,31,32);14-16,19-20,26-28H,3-13,17-18,21-24H2,1-2H3;2-7H,9H2,1H3;2H2/t26-,27+,28+;26-,27+,28?;7-;/m111./s1. The highest BCUT2D eigenvalue weighted by molar-refractivity contribution is 6.11. The fourth-order valence-electron chi connectivity index (χ4n) is 9.91. The topological polar surface area (TPSA) is 154 Å². The van der Waals surface area contributed by atoms with Gasteiger partial charge in [0.2, 0.25) is 0 Å². The average molecular weight is 1080 g/mol. The highest BCUT2D eigenvalue weighted by atomic mass is 35.5. The number of esters is 1. The number of hydrogen-bond donors (Lipinski definition) is 4. The largest absolute Gasteiger partial charge is 0.481 e. The van der Waals surface area contributed by atoms with E-state index in [0.29, 0.717) is 26.1 Å². The molecule has 1 heterocycles. The summed E-state index contributed by atoms with van der Waals surface area (Å²) in [6.45, 7) is 12.0. The van der Waals surface area contributed by atoms with Gasteiger partial charge in [-0.1, -0.05) is 286 Å². The Hall–Kier alpha value is -3.31. The van der Waals surface area contributed by atoms with Crippen molar-refractivity contribution >= 4 is 23.7 Å². The Balaban J connectivity index is 0.000000633. The summed E-state index contributed by atoms with van der Waals surface area (Å²) in [5.41, 5.74) is 9.13. The van der Waals surface area contributed by atoms with Crippen molar-refractivity contribution in [3.05, 3.63) is 108 Å². The van der Waals surface area contributed by atoms with Gasteiger partial charge in [0.15, 0.2) is 0 Å². The number of benzene rings is 3. The molecule has 0 aromatic heterocycles. The van der Waals surface area contributed by atoms with Gasteiger partial charge >= 0.3 is 11.9 Å². The maximum atomic E-state index is 12.0. The molecule has 1 unspecified atom stereocenters. The lowest BCUT2D eigenvalue weighted by atomic mass is 9.86. The van der Waals surface area contributed by atoms with Crippen molar-refractivity contribution in [2.24, 2.45) is 22.8 Å². The van der Waals surface area contributed by atoms with Gasteiger partial charge in [-0.2, -0.15) is 0 Å². The second kappa shape index (κ2) is 49.9. The van der Waals surface area contributed by atoms with Crippen LogP contribution in [0.4, 0.5) is 0 Å². The van der Waals surface area contributed by atoms with Crippen LogP contribution in [0.15, 0.2) is 91.0 Å². The monoisotopic (exact) mass is 1080 g/mol. The summed E-state index contributed by atoms with van der Waals surface area (Å²) in [7, 11) is 0. The number of hydrogen-bond acceptors (Lipinski definition) is 8. The number of aliphatic hydroxyl groups excluding tert-OH is 1. The van der Waals surface area contributed by atoms with Crippen LogP contribution in [0.25, 0.3) is 0 Å². The number of aliphatic carboxylic acids is 1. The van der Waals surface area contributed by atoms with E-state index in [4.69, 9.17) is 19.9 Å². The molecule has 3 aromatic rings. The average Bonchev–Trinajstić information content (AvgIpc) is 3.44. The third-order valence-electron chi connectivity index (χ3n) is 14.8. The number of nitrogens with two attached hydrogens (primary N) is 2. The van der Waals surface area contributed by atoms with E-state index in [9.17, 15) is 19.8 Å². The molecule has 4 rings (SSSR count). The first-order valence-electron chi connectivity index (χ1n) is 30.6. The zero-order valence-electron chi connectivity index (χ0n) is 48.7. The van der Waals surface area contributed by atoms with E-state index in [0.717, 1.165) is 69.8 Å². The Bertz CT molecular complexity index is 1720. The summed E-state index contributed by atoms with van der Waals surface area (Å²) in [6.07, 6.45) is 36.4. The molecule has 1 saturated heterocycles. The Morgan fingerprint density at radius 1 is 0.553 bits per heavy atom. The zero-order valence-corrected chi connectivity index (χ0v) is 49.5. The van der Waals surface area contributed by atoms with Gasteiger partial charge in [0, 0.05) is 18.9 Å². The van der Waals surface area contributed by atoms with Crippen molar-refractivity contribution < 1.29 is 34.0 Å². The lowest BCUT2D eigenvalue weighted by Crippen LogP contribution is -2.47. The second-order valence-electron chi connectivity index (χ2n) is 21.5. The summed E-state index contributed by atoms with van der Waals surface area (Å²) in [5.74, 6) is -1.48. The first-order chi connectivity index (χ1) is 37.1. The molecule has 1 fully saturated rings. The number of carbonyl (C=O) groups excluding carboxylic acids is 1. The molecule has 0 saturated carbocycles. The minimum Gasteiger partial charge on any atom is -0.481 e. The van der Waals surface area contributed by atoms with Crippen LogP contribution in [0.5, 0.6) is 0 Å². The first kappa shape index (κ1) is 70.7. The molecule has 6 N–H and O–H groups in total. The van der Waals surface area contributed by atoms with Crippen LogP contribution in [-0.2, 0) is 37.0 Å². The number of cyclic esters (lactones) is 1. The molecule has 434 valence electrons. The van der Waals surface area contributed by atoms with E-state index in [2.05, 4.69) is 69.0 Å². The van der Waals surface area contributed by atoms with Gasteiger partial charge in [0.1, 0.15) is 6.10 Å². The number of aliphatic hydroxyl groups is 1. The molecule has 9 nitrogen and oxygen atoms in total. The van der Waals surface area contributed by atoms with E-state index < -0.39 is 18.0 Å². The van der Waals surface area contributed by atoms with Gasteiger partial charge in [-0.15, -0.1) is 0 Å². The van der Waals surface area contributed by atoms with Crippen LogP contribution < -0.4 is 11.0 Å². The van der Waals surface area contributed by atoms with Crippen LogP contribution in [0, 0.1) is 11.8 Å². The maximum Gasteiger partial charge on any atom is 0.313 e. The van der Waals surface area contributed by atoms with Crippen molar-refractivity contribution in [2.45, 2.75) is 284 Å².